The van der Waals surface area contributed by atoms with Crippen molar-refractivity contribution in [3.8, 4) is 0 Å². The first-order valence-corrected chi connectivity index (χ1v) is 30.0. The summed E-state index contributed by atoms with van der Waals surface area (Å²) in [6.45, 7) is 4.30. The molecule has 1 N–H and O–H groups in total. The molecule has 0 spiro atoms. The molecule has 0 aliphatic carbocycles. The summed E-state index contributed by atoms with van der Waals surface area (Å²) in [6.07, 6.45) is 70.4. The minimum Gasteiger partial charge on any atom is -0.462 e. The van der Waals surface area contributed by atoms with Gasteiger partial charge in [0, 0.05) is 12.8 Å². The van der Waals surface area contributed by atoms with Gasteiger partial charge in [0.25, 0.3) is 0 Å². The van der Waals surface area contributed by atoms with Crippen LogP contribution in [0.25, 0.3) is 0 Å². The van der Waals surface area contributed by atoms with Gasteiger partial charge in [-0.2, -0.15) is 0 Å². The van der Waals surface area contributed by atoms with Crippen LogP contribution >= 0.6 is 7.82 Å². The average molecular weight is 1010 g/mol. The number of carbonyl (C=O) groups excluding carboxylic acids is 2. The molecule has 10 heteroatoms. The summed E-state index contributed by atoms with van der Waals surface area (Å²) >= 11 is 0. The largest absolute Gasteiger partial charge is 0.472 e. The number of hydrogen-bond acceptors (Lipinski definition) is 7. The molecular weight excluding hydrogens is 906 g/mol. The Morgan fingerprint density at radius 2 is 0.803 bits per heavy atom. The highest BCUT2D eigenvalue weighted by molar-refractivity contribution is 7.47. The molecule has 0 aliphatic heterocycles. The van der Waals surface area contributed by atoms with Crippen molar-refractivity contribution in [3.63, 3.8) is 0 Å². The summed E-state index contributed by atoms with van der Waals surface area (Å²) in [6, 6.07) is 0. The van der Waals surface area contributed by atoms with Crippen molar-refractivity contribution in [3.05, 3.63) is 97.2 Å². The molecule has 0 aromatic rings. The molecule has 0 bridgehead atoms. The highest BCUT2D eigenvalue weighted by Crippen LogP contribution is 2.43. The van der Waals surface area contributed by atoms with Crippen LogP contribution in [0.2, 0.25) is 0 Å². The quantitative estimate of drug-likeness (QED) is 0.0211. The molecule has 0 rings (SSSR count). The van der Waals surface area contributed by atoms with E-state index in [2.05, 4.69) is 111 Å². The Morgan fingerprint density at radius 1 is 0.451 bits per heavy atom. The summed E-state index contributed by atoms with van der Waals surface area (Å²) in [5, 5.41) is 0. The third-order valence-corrected chi connectivity index (χ3v) is 12.8. The molecule has 71 heavy (non-hydrogen) atoms. The van der Waals surface area contributed by atoms with Crippen LogP contribution in [0, 0.1) is 0 Å². The maximum atomic E-state index is 12.8. The van der Waals surface area contributed by atoms with Crippen molar-refractivity contribution >= 4 is 19.8 Å². The van der Waals surface area contributed by atoms with Crippen LogP contribution in [0.1, 0.15) is 226 Å². The third-order valence-electron chi connectivity index (χ3n) is 11.8. The summed E-state index contributed by atoms with van der Waals surface area (Å²) in [4.78, 5) is 35.7. The number of likely N-dealkylation sites (N-methyl/N-ethyl adjacent to an activating group) is 1. The summed E-state index contributed by atoms with van der Waals surface area (Å²) in [5.41, 5.74) is 0. The lowest BCUT2D eigenvalue weighted by Gasteiger charge is -2.24. The van der Waals surface area contributed by atoms with Gasteiger partial charge < -0.3 is 18.9 Å². The van der Waals surface area contributed by atoms with Crippen molar-refractivity contribution in [1.29, 1.82) is 0 Å². The average Bonchev–Trinajstić information content (AvgIpc) is 3.33. The number of quaternary nitrogens is 1. The molecule has 408 valence electrons. The smallest absolute Gasteiger partial charge is 0.462 e. The molecule has 9 nitrogen and oxygen atoms in total. The Bertz CT molecular complexity index is 1520. The number of nitrogens with zero attached hydrogens (tertiary/aromatic N) is 1. The van der Waals surface area contributed by atoms with Crippen molar-refractivity contribution in [2.75, 3.05) is 47.5 Å². The maximum Gasteiger partial charge on any atom is 0.472 e. The van der Waals surface area contributed by atoms with Gasteiger partial charge in [0.15, 0.2) is 6.10 Å². The topological polar surface area (TPSA) is 108 Å². The van der Waals surface area contributed by atoms with Gasteiger partial charge in [0.05, 0.1) is 27.7 Å². The normalized spacial score (nSPS) is 14.1. The van der Waals surface area contributed by atoms with Gasteiger partial charge in [0.2, 0.25) is 0 Å². The molecular formula is C61H107NO8P+. The fourth-order valence-corrected chi connectivity index (χ4v) is 8.20. The lowest BCUT2D eigenvalue weighted by molar-refractivity contribution is -0.870. The van der Waals surface area contributed by atoms with Gasteiger partial charge in [-0.25, -0.2) is 4.57 Å². The number of rotatable bonds is 51. The van der Waals surface area contributed by atoms with Gasteiger partial charge in [-0.3, -0.25) is 18.6 Å². The van der Waals surface area contributed by atoms with E-state index in [1.165, 1.54) is 89.9 Å². The van der Waals surface area contributed by atoms with E-state index in [1.54, 1.807) is 0 Å². The van der Waals surface area contributed by atoms with Gasteiger partial charge in [-0.15, -0.1) is 0 Å². The number of carbonyl (C=O) groups is 2. The Hall–Kier alpha value is -3.07. The Morgan fingerprint density at radius 3 is 1.21 bits per heavy atom. The van der Waals surface area contributed by atoms with Crippen molar-refractivity contribution in [1.82, 2.24) is 0 Å². The zero-order valence-corrected chi connectivity index (χ0v) is 47.1. The van der Waals surface area contributed by atoms with E-state index in [4.69, 9.17) is 18.5 Å². The number of allylic oxidation sites excluding steroid dienone is 16. The van der Waals surface area contributed by atoms with E-state index in [0.717, 1.165) is 103 Å². The van der Waals surface area contributed by atoms with Gasteiger partial charge >= 0.3 is 19.8 Å². The molecule has 0 aromatic heterocycles. The van der Waals surface area contributed by atoms with E-state index in [-0.39, 0.29) is 32.0 Å². The van der Waals surface area contributed by atoms with Crippen molar-refractivity contribution < 1.29 is 42.1 Å². The molecule has 2 unspecified atom stereocenters. The second-order valence-electron chi connectivity index (χ2n) is 19.9. The first-order valence-electron chi connectivity index (χ1n) is 28.5. The minimum atomic E-state index is -4.39. The number of phosphoric acid groups is 1. The number of phosphoric ester groups is 1. The van der Waals surface area contributed by atoms with Crippen molar-refractivity contribution in [2.45, 2.75) is 232 Å². The molecule has 0 aromatic carbocycles. The van der Waals surface area contributed by atoms with E-state index in [0.29, 0.717) is 17.4 Å². The first kappa shape index (κ1) is 67.9. The highest BCUT2D eigenvalue weighted by atomic mass is 31.2. The molecule has 0 aliphatic rings. The predicted molar refractivity (Wildman–Crippen MR) is 302 cm³/mol. The fraction of sp³-hybridized carbons (Fsp3) is 0.705. The summed E-state index contributed by atoms with van der Waals surface area (Å²) in [5.74, 6) is -0.818. The van der Waals surface area contributed by atoms with Crippen LogP contribution in [0.15, 0.2) is 97.2 Å². The van der Waals surface area contributed by atoms with Gasteiger partial charge in [-0.05, 0) is 96.3 Å². The number of hydrogen-bond donors (Lipinski definition) is 1. The van der Waals surface area contributed by atoms with Crippen molar-refractivity contribution in [2.24, 2.45) is 0 Å². The van der Waals surface area contributed by atoms with Crippen LogP contribution in [0.4, 0.5) is 0 Å². The van der Waals surface area contributed by atoms with Crippen LogP contribution in [-0.2, 0) is 32.7 Å². The zero-order valence-electron chi connectivity index (χ0n) is 46.2. The first-order chi connectivity index (χ1) is 34.5. The molecule has 0 saturated heterocycles. The van der Waals surface area contributed by atoms with Crippen LogP contribution in [0.5, 0.6) is 0 Å². The van der Waals surface area contributed by atoms with E-state index < -0.39 is 26.5 Å². The van der Waals surface area contributed by atoms with Crippen LogP contribution in [-0.4, -0.2) is 74.9 Å². The lowest BCUT2D eigenvalue weighted by atomic mass is 10.1. The summed E-state index contributed by atoms with van der Waals surface area (Å²) in [7, 11) is 1.46. The van der Waals surface area contributed by atoms with E-state index in [9.17, 15) is 19.0 Å². The SMILES string of the molecule is CC/C=C\C/C=C\C/C=C\C/C=C\C/C=C\C/C=C\C/C=C\CCCCCCCCCC(=O)OC(COC(=O)CCCCCCCCC/C=C\CCCCCCCCC)COP(=O)(O)OCC[N+](C)(C)C. The van der Waals surface area contributed by atoms with E-state index >= 15 is 0 Å². The molecule has 0 amide bonds. The zero-order chi connectivity index (χ0) is 52.0. The molecule has 0 saturated carbocycles. The third kappa shape index (κ3) is 56.1. The molecule has 0 radical (unpaired) electrons. The second kappa shape index (κ2) is 51.8. The fourth-order valence-electron chi connectivity index (χ4n) is 7.46. The standard InChI is InChI=1S/C61H106NO8P/c1-6-8-10-12-14-16-18-20-22-24-26-27-28-29-30-31-32-33-34-35-36-38-40-42-44-46-48-50-52-54-61(64)70-59(58-69-71(65,66)68-56-55-62(3,4)5)57-67-60(63)53-51-49-47-45-43-41-39-37-25-23-21-19-17-15-13-11-9-7-2/h8,10,14,16,20,22-23,25-27,29-30,32-33,35-36,59H,6-7,9,11-13,15,17-19,21,24,28,31,34,37-58H2,1-5H3/p+1/b10-8-,16-14-,22-20-,25-23-,27-26-,30-29-,33-32-,36-35-. The minimum absolute atomic E-state index is 0.0240. The Kier molecular flexibility index (Phi) is 49.6. The van der Waals surface area contributed by atoms with Crippen LogP contribution in [0.3, 0.4) is 0 Å². The number of unbranched alkanes of at least 4 members (excludes halogenated alkanes) is 21. The molecule has 0 fully saturated rings. The molecule has 2 atom stereocenters. The monoisotopic (exact) mass is 1010 g/mol. The van der Waals surface area contributed by atoms with Crippen LogP contribution < -0.4 is 0 Å². The second-order valence-corrected chi connectivity index (χ2v) is 21.4. The predicted octanol–water partition coefficient (Wildman–Crippen LogP) is 17.6. The maximum absolute atomic E-state index is 12.8. The highest BCUT2D eigenvalue weighted by Gasteiger charge is 2.27. The molecule has 0 heterocycles. The lowest BCUT2D eigenvalue weighted by Crippen LogP contribution is -2.37. The van der Waals surface area contributed by atoms with E-state index in [1.807, 2.05) is 21.1 Å². The number of esters is 2. The Balaban J connectivity index is 4.24. The summed E-state index contributed by atoms with van der Waals surface area (Å²) < 4.78 is 34.5. The Labute approximate surface area is 436 Å². The number of ether oxygens (including phenoxy) is 2. The van der Waals surface area contributed by atoms with Gasteiger partial charge in [-0.1, -0.05) is 214 Å². The van der Waals surface area contributed by atoms with Gasteiger partial charge in [0.1, 0.15) is 19.8 Å².